The first kappa shape index (κ1) is 16.3. The van der Waals surface area contributed by atoms with Crippen LogP contribution in [0.25, 0.3) is 0 Å². The molecule has 6 rings (SSSR count). The monoisotopic (exact) mass is 376 g/mol. The summed E-state index contributed by atoms with van der Waals surface area (Å²) in [6.45, 7) is 8.27. The van der Waals surface area contributed by atoms with E-state index in [0.717, 1.165) is 0 Å². The summed E-state index contributed by atoms with van der Waals surface area (Å²) in [6, 6.07) is 0. The fourth-order valence-corrected chi connectivity index (χ4v) is 8.07. The van der Waals surface area contributed by atoms with Gasteiger partial charge in [-0.3, -0.25) is 9.59 Å². The molecule has 2 spiro atoms. The van der Waals surface area contributed by atoms with E-state index in [0.29, 0.717) is 12.8 Å². The van der Waals surface area contributed by atoms with Gasteiger partial charge >= 0.3 is 17.9 Å². The smallest absolute Gasteiger partial charge is 0.340 e. The van der Waals surface area contributed by atoms with Crippen molar-refractivity contribution in [3.8, 4) is 0 Å². The molecule has 0 aromatic rings. The molecule has 9 atom stereocenters. The molecular formula is C20H24O7. The highest BCUT2D eigenvalue weighted by Crippen LogP contribution is 2.84. The molecule has 8 unspecified atom stereocenters. The summed E-state index contributed by atoms with van der Waals surface area (Å²) in [7, 11) is 0. The molecule has 0 bridgehead atoms. The van der Waals surface area contributed by atoms with Crippen LogP contribution in [0.2, 0.25) is 0 Å². The summed E-state index contributed by atoms with van der Waals surface area (Å²) in [5, 5.41) is 0. The number of carbonyl (C=O) groups is 3. The Balaban J connectivity index is 1.63. The van der Waals surface area contributed by atoms with Crippen molar-refractivity contribution in [1.82, 2.24) is 0 Å². The molecule has 7 heteroatoms. The minimum atomic E-state index is -1.25. The molecule has 146 valence electrons. The minimum Gasteiger partial charge on any atom is -0.462 e. The predicted octanol–water partition coefficient (Wildman–Crippen LogP) is 1.57. The Hall–Kier alpha value is -1.63. The molecule has 6 fully saturated rings. The van der Waals surface area contributed by atoms with Gasteiger partial charge in [0.2, 0.25) is 6.29 Å². The van der Waals surface area contributed by atoms with Crippen LogP contribution in [0.1, 0.15) is 47.0 Å². The highest BCUT2D eigenvalue weighted by Gasteiger charge is 2.95. The third-order valence-electron chi connectivity index (χ3n) is 8.67. The lowest BCUT2D eigenvalue weighted by Crippen LogP contribution is -2.55. The van der Waals surface area contributed by atoms with E-state index in [4.69, 9.17) is 18.9 Å². The molecule has 2 aliphatic carbocycles. The molecule has 0 amide bonds. The van der Waals surface area contributed by atoms with Crippen molar-refractivity contribution >= 4 is 17.9 Å². The first-order valence-electron chi connectivity index (χ1n) is 9.88. The van der Waals surface area contributed by atoms with Crippen LogP contribution in [-0.4, -0.2) is 42.0 Å². The molecule has 4 saturated heterocycles. The molecule has 7 nitrogen and oxygen atoms in total. The van der Waals surface area contributed by atoms with Crippen molar-refractivity contribution in [2.75, 3.05) is 0 Å². The highest BCUT2D eigenvalue weighted by atomic mass is 16.7. The second-order valence-corrected chi connectivity index (χ2v) is 10.4. The van der Waals surface area contributed by atoms with E-state index in [1.807, 2.05) is 0 Å². The summed E-state index contributed by atoms with van der Waals surface area (Å²) in [5.41, 5.74) is -2.65. The minimum absolute atomic E-state index is 0.103. The van der Waals surface area contributed by atoms with Crippen LogP contribution >= 0.6 is 0 Å². The SMILES string of the molecule is CC1C(=O)OC2CC34C5C[C@@H](C(C)(C)C)C36CC(=O)OC6OC4(C(=O)O5)C21. The molecule has 0 N–H and O–H groups in total. The fraction of sp³-hybridized carbons (Fsp3) is 0.850. The van der Waals surface area contributed by atoms with Gasteiger partial charge in [0.1, 0.15) is 12.2 Å². The van der Waals surface area contributed by atoms with Gasteiger partial charge in [0.25, 0.3) is 0 Å². The number of ether oxygens (including phenoxy) is 4. The Kier molecular flexibility index (Phi) is 2.53. The molecule has 0 radical (unpaired) electrons. The van der Waals surface area contributed by atoms with E-state index >= 15 is 0 Å². The quantitative estimate of drug-likeness (QED) is 0.468. The number of carbonyl (C=O) groups excluding carboxylic acids is 3. The van der Waals surface area contributed by atoms with Gasteiger partial charge in [-0.15, -0.1) is 0 Å². The highest BCUT2D eigenvalue weighted by molar-refractivity contribution is 5.90. The fourth-order valence-electron chi connectivity index (χ4n) is 8.07. The van der Waals surface area contributed by atoms with Gasteiger partial charge in [-0.2, -0.15) is 0 Å². The van der Waals surface area contributed by atoms with Crippen LogP contribution in [-0.2, 0) is 33.3 Å². The zero-order valence-corrected chi connectivity index (χ0v) is 15.9. The van der Waals surface area contributed by atoms with Crippen molar-refractivity contribution in [2.45, 2.75) is 71.1 Å². The molecule has 27 heavy (non-hydrogen) atoms. The average Bonchev–Trinajstić information content (AvgIpc) is 3.26. The van der Waals surface area contributed by atoms with Gasteiger partial charge in [0, 0.05) is 5.92 Å². The van der Waals surface area contributed by atoms with Crippen LogP contribution in [0, 0.1) is 34.0 Å². The van der Waals surface area contributed by atoms with E-state index in [-0.39, 0.29) is 47.8 Å². The van der Waals surface area contributed by atoms with Crippen molar-refractivity contribution in [2.24, 2.45) is 34.0 Å². The van der Waals surface area contributed by atoms with Gasteiger partial charge < -0.3 is 18.9 Å². The first-order chi connectivity index (χ1) is 12.6. The second kappa shape index (κ2) is 4.19. The normalized spacial score (nSPS) is 57.1. The van der Waals surface area contributed by atoms with Crippen molar-refractivity contribution in [1.29, 1.82) is 0 Å². The van der Waals surface area contributed by atoms with E-state index in [2.05, 4.69) is 20.8 Å². The Bertz CT molecular complexity index is 814. The zero-order chi connectivity index (χ0) is 19.1. The van der Waals surface area contributed by atoms with Gasteiger partial charge in [0.15, 0.2) is 5.60 Å². The lowest BCUT2D eigenvalue weighted by Gasteiger charge is -2.44. The third-order valence-corrected chi connectivity index (χ3v) is 8.67. The maximum absolute atomic E-state index is 13.2. The topological polar surface area (TPSA) is 88.1 Å². The molecular weight excluding hydrogens is 352 g/mol. The van der Waals surface area contributed by atoms with Crippen LogP contribution < -0.4 is 0 Å². The van der Waals surface area contributed by atoms with Crippen molar-refractivity contribution < 1.29 is 33.3 Å². The van der Waals surface area contributed by atoms with Crippen molar-refractivity contribution in [3.05, 3.63) is 0 Å². The summed E-state index contributed by atoms with van der Waals surface area (Å²) >= 11 is 0. The lowest BCUT2D eigenvalue weighted by atomic mass is 9.53. The van der Waals surface area contributed by atoms with Crippen LogP contribution in [0.15, 0.2) is 0 Å². The molecule has 0 aromatic heterocycles. The largest absolute Gasteiger partial charge is 0.462 e. The van der Waals surface area contributed by atoms with Gasteiger partial charge in [0.05, 0.1) is 23.2 Å². The summed E-state index contributed by atoms with van der Waals surface area (Å²) < 4.78 is 23.7. The average molecular weight is 376 g/mol. The van der Waals surface area contributed by atoms with Gasteiger partial charge in [-0.05, 0) is 24.2 Å². The van der Waals surface area contributed by atoms with Crippen LogP contribution in [0.3, 0.4) is 0 Å². The molecule has 6 aliphatic rings. The number of hydrogen-bond donors (Lipinski definition) is 0. The van der Waals surface area contributed by atoms with E-state index in [9.17, 15) is 14.4 Å². The number of rotatable bonds is 0. The summed E-state index contributed by atoms with van der Waals surface area (Å²) in [5.74, 6) is -1.70. The maximum Gasteiger partial charge on any atom is 0.340 e. The molecule has 4 heterocycles. The van der Waals surface area contributed by atoms with Crippen LogP contribution in [0.4, 0.5) is 0 Å². The zero-order valence-electron chi connectivity index (χ0n) is 15.9. The summed E-state index contributed by atoms with van der Waals surface area (Å²) in [4.78, 5) is 37.9. The molecule has 0 aromatic carbocycles. The Morgan fingerprint density at radius 2 is 1.81 bits per heavy atom. The Morgan fingerprint density at radius 3 is 2.52 bits per heavy atom. The first-order valence-corrected chi connectivity index (χ1v) is 9.88. The van der Waals surface area contributed by atoms with E-state index < -0.39 is 34.6 Å². The number of hydrogen-bond acceptors (Lipinski definition) is 7. The maximum atomic E-state index is 13.2. The third kappa shape index (κ3) is 1.34. The number of esters is 3. The standard InChI is InChI=1S/C20H24O7/c1-8-13-9(24-14(8)22)6-19-11-5-10(17(2,3)4)18(19)7-12(21)26-16(18)27-20(13,19)15(23)25-11/h8-11,13,16H,5-7H2,1-4H3/t8?,9?,10-,11?,13?,16?,18?,19?,20?/m0/s1. The lowest BCUT2D eigenvalue weighted by molar-refractivity contribution is -0.206. The molecule has 2 saturated carbocycles. The number of fused-ring (bicyclic) bond motifs is 1. The van der Waals surface area contributed by atoms with E-state index in [1.54, 1.807) is 6.92 Å². The van der Waals surface area contributed by atoms with Gasteiger partial charge in [-0.1, -0.05) is 27.7 Å². The summed E-state index contributed by atoms with van der Waals surface area (Å²) in [6.07, 6.45) is -0.0219. The van der Waals surface area contributed by atoms with Gasteiger partial charge in [-0.25, -0.2) is 4.79 Å². The Labute approximate surface area is 157 Å². The Morgan fingerprint density at radius 1 is 1.07 bits per heavy atom. The van der Waals surface area contributed by atoms with Crippen LogP contribution in [0.5, 0.6) is 0 Å². The second-order valence-electron chi connectivity index (χ2n) is 10.4. The molecule has 4 aliphatic heterocycles. The van der Waals surface area contributed by atoms with Crippen molar-refractivity contribution in [3.63, 3.8) is 0 Å². The van der Waals surface area contributed by atoms with E-state index in [1.165, 1.54) is 0 Å². The predicted molar refractivity (Wildman–Crippen MR) is 87.8 cm³/mol.